The van der Waals surface area contributed by atoms with Crippen molar-refractivity contribution in [1.29, 1.82) is 0 Å². The molecule has 1 aromatic rings. The highest BCUT2D eigenvalue weighted by Gasteiger charge is 2.48. The summed E-state index contributed by atoms with van der Waals surface area (Å²) in [4.78, 5) is 2.70. The fraction of sp³-hybridized carbons (Fsp3) is 0.571. The van der Waals surface area contributed by atoms with Crippen LogP contribution in [-0.4, -0.2) is 10.9 Å². The molecule has 1 saturated heterocycles. The topological polar surface area (TPSA) is 3.24 Å². The second kappa shape index (κ2) is 3.08. The van der Waals surface area contributed by atoms with Crippen LogP contribution in [0.1, 0.15) is 50.4 Å². The van der Waals surface area contributed by atoms with Crippen LogP contribution < -0.4 is 0 Å². The zero-order valence-electron chi connectivity index (χ0n) is 9.77. The Hall–Kier alpha value is -0.820. The Morgan fingerprint density at radius 2 is 1.87 bits per heavy atom. The van der Waals surface area contributed by atoms with Gasteiger partial charge >= 0.3 is 0 Å². The van der Waals surface area contributed by atoms with E-state index in [0.717, 1.165) is 5.92 Å². The van der Waals surface area contributed by atoms with Crippen LogP contribution in [0.25, 0.3) is 0 Å². The maximum Gasteiger partial charge on any atom is 0.0386 e. The lowest BCUT2D eigenvalue weighted by Gasteiger charge is -2.27. The number of fused-ring (bicyclic) bond motifs is 5. The van der Waals surface area contributed by atoms with Gasteiger partial charge in [0.2, 0.25) is 0 Å². The van der Waals surface area contributed by atoms with E-state index in [1.807, 2.05) is 0 Å². The van der Waals surface area contributed by atoms with Crippen molar-refractivity contribution in [1.82, 2.24) is 4.90 Å². The molecule has 15 heavy (non-hydrogen) atoms. The summed E-state index contributed by atoms with van der Waals surface area (Å²) in [6.45, 7) is 7.05. The normalized spacial score (nSPS) is 33.7. The minimum Gasteiger partial charge on any atom is -0.287 e. The monoisotopic (exact) mass is 201 g/mol. The lowest BCUT2D eigenvalue weighted by atomic mass is 9.85. The van der Waals surface area contributed by atoms with E-state index in [1.54, 1.807) is 11.1 Å². The summed E-state index contributed by atoms with van der Waals surface area (Å²) in [5.74, 6) is 0.826. The fourth-order valence-corrected chi connectivity index (χ4v) is 3.61. The minimum absolute atomic E-state index is 0.664. The Bertz CT molecular complexity index is 383. The van der Waals surface area contributed by atoms with Crippen LogP contribution in [-0.2, 0) is 0 Å². The van der Waals surface area contributed by atoms with Crippen LogP contribution in [0.4, 0.5) is 0 Å². The van der Waals surface area contributed by atoms with Crippen LogP contribution in [0.15, 0.2) is 24.3 Å². The van der Waals surface area contributed by atoms with Gasteiger partial charge in [-0.05, 0) is 37.3 Å². The van der Waals surface area contributed by atoms with Crippen molar-refractivity contribution in [2.45, 2.75) is 45.3 Å². The smallest absolute Gasteiger partial charge is 0.0386 e. The van der Waals surface area contributed by atoms with Crippen molar-refractivity contribution in [2.75, 3.05) is 0 Å². The molecule has 1 fully saturated rings. The van der Waals surface area contributed by atoms with Crippen LogP contribution in [0.5, 0.6) is 0 Å². The Labute approximate surface area is 92.1 Å². The van der Waals surface area contributed by atoms with Crippen LogP contribution in [0.2, 0.25) is 0 Å². The van der Waals surface area contributed by atoms with Gasteiger partial charge in [0.05, 0.1) is 0 Å². The molecule has 0 aliphatic carbocycles. The Kier molecular flexibility index (Phi) is 1.93. The second-order valence-corrected chi connectivity index (χ2v) is 5.34. The van der Waals surface area contributed by atoms with Gasteiger partial charge in [-0.25, -0.2) is 0 Å². The van der Waals surface area contributed by atoms with E-state index in [-0.39, 0.29) is 0 Å². The standard InChI is InChI=1S/C14H19N/c1-9(2)15-13-8-10(3)14(15)12-7-5-4-6-11(12)13/h4-7,9-10,13-14H,8H2,1-3H3. The van der Waals surface area contributed by atoms with Crippen molar-refractivity contribution in [2.24, 2.45) is 5.92 Å². The first-order valence-electron chi connectivity index (χ1n) is 6.06. The molecule has 2 heterocycles. The highest BCUT2D eigenvalue weighted by molar-refractivity contribution is 5.40. The largest absolute Gasteiger partial charge is 0.287 e. The molecule has 3 rings (SSSR count). The van der Waals surface area contributed by atoms with E-state index in [4.69, 9.17) is 0 Å². The molecule has 0 spiro atoms. The maximum atomic E-state index is 2.70. The lowest BCUT2D eigenvalue weighted by Crippen LogP contribution is -2.28. The van der Waals surface area contributed by atoms with E-state index in [1.165, 1.54) is 6.42 Å². The number of hydrogen-bond acceptors (Lipinski definition) is 1. The van der Waals surface area contributed by atoms with Gasteiger partial charge in [0.25, 0.3) is 0 Å². The van der Waals surface area contributed by atoms with Gasteiger partial charge in [-0.1, -0.05) is 31.2 Å². The van der Waals surface area contributed by atoms with E-state index >= 15 is 0 Å². The predicted molar refractivity (Wildman–Crippen MR) is 62.7 cm³/mol. The first-order chi connectivity index (χ1) is 7.20. The van der Waals surface area contributed by atoms with Crippen molar-refractivity contribution >= 4 is 0 Å². The van der Waals surface area contributed by atoms with Gasteiger partial charge < -0.3 is 0 Å². The third-order valence-electron chi connectivity index (χ3n) is 4.09. The highest BCUT2D eigenvalue weighted by atomic mass is 15.3. The Balaban J connectivity index is 2.10. The van der Waals surface area contributed by atoms with Crippen molar-refractivity contribution < 1.29 is 0 Å². The quantitative estimate of drug-likeness (QED) is 0.672. The predicted octanol–water partition coefficient (Wildman–Crippen LogP) is 3.53. The molecule has 1 heteroatoms. The summed E-state index contributed by atoms with van der Waals surface area (Å²) in [5, 5.41) is 0. The number of rotatable bonds is 1. The second-order valence-electron chi connectivity index (χ2n) is 5.34. The molecule has 0 aromatic heterocycles. The van der Waals surface area contributed by atoms with Gasteiger partial charge in [0.15, 0.2) is 0 Å². The third kappa shape index (κ3) is 1.13. The van der Waals surface area contributed by atoms with E-state index in [0.29, 0.717) is 18.1 Å². The van der Waals surface area contributed by atoms with Crippen molar-refractivity contribution in [3.8, 4) is 0 Å². The minimum atomic E-state index is 0.664. The molecule has 2 aliphatic heterocycles. The summed E-state index contributed by atoms with van der Waals surface area (Å²) in [5.41, 5.74) is 3.18. The van der Waals surface area contributed by atoms with Gasteiger partial charge in [0.1, 0.15) is 0 Å². The molecule has 2 bridgehead atoms. The average Bonchev–Trinajstić information content (AvgIpc) is 2.70. The third-order valence-corrected chi connectivity index (χ3v) is 4.09. The van der Waals surface area contributed by atoms with Crippen LogP contribution >= 0.6 is 0 Å². The molecule has 3 unspecified atom stereocenters. The van der Waals surface area contributed by atoms with Crippen LogP contribution in [0.3, 0.4) is 0 Å². The number of nitrogens with zero attached hydrogens (tertiary/aromatic N) is 1. The van der Waals surface area contributed by atoms with Gasteiger partial charge in [-0.2, -0.15) is 0 Å². The summed E-state index contributed by atoms with van der Waals surface area (Å²) in [6, 6.07) is 11.1. The Morgan fingerprint density at radius 3 is 2.53 bits per heavy atom. The Morgan fingerprint density at radius 1 is 1.20 bits per heavy atom. The molecule has 0 saturated carbocycles. The van der Waals surface area contributed by atoms with E-state index in [2.05, 4.69) is 49.9 Å². The fourth-order valence-electron chi connectivity index (χ4n) is 3.61. The molecule has 3 atom stereocenters. The lowest BCUT2D eigenvalue weighted by molar-refractivity contribution is 0.164. The van der Waals surface area contributed by atoms with Gasteiger partial charge in [-0.15, -0.1) is 0 Å². The van der Waals surface area contributed by atoms with Crippen molar-refractivity contribution in [3.05, 3.63) is 35.4 Å². The average molecular weight is 201 g/mol. The number of hydrogen-bond donors (Lipinski definition) is 0. The molecule has 1 nitrogen and oxygen atoms in total. The summed E-state index contributed by atoms with van der Waals surface area (Å²) in [6.07, 6.45) is 1.35. The summed E-state index contributed by atoms with van der Waals surface area (Å²) < 4.78 is 0. The molecule has 1 aromatic carbocycles. The summed E-state index contributed by atoms with van der Waals surface area (Å²) in [7, 11) is 0. The van der Waals surface area contributed by atoms with Crippen LogP contribution in [0, 0.1) is 5.92 Å². The number of benzene rings is 1. The highest BCUT2D eigenvalue weighted by Crippen LogP contribution is 2.56. The molecular formula is C14H19N. The molecular weight excluding hydrogens is 182 g/mol. The molecule has 0 amide bonds. The SMILES string of the molecule is CC1CC2c3ccccc3C1N2C(C)C. The van der Waals surface area contributed by atoms with E-state index in [9.17, 15) is 0 Å². The van der Waals surface area contributed by atoms with E-state index < -0.39 is 0 Å². The summed E-state index contributed by atoms with van der Waals surface area (Å²) >= 11 is 0. The zero-order valence-corrected chi connectivity index (χ0v) is 9.77. The zero-order chi connectivity index (χ0) is 10.6. The molecule has 0 radical (unpaired) electrons. The van der Waals surface area contributed by atoms with Gasteiger partial charge in [-0.3, -0.25) is 4.90 Å². The molecule has 2 aliphatic rings. The van der Waals surface area contributed by atoms with Crippen molar-refractivity contribution in [3.63, 3.8) is 0 Å². The van der Waals surface area contributed by atoms with Gasteiger partial charge in [0, 0.05) is 18.1 Å². The maximum absolute atomic E-state index is 2.70. The molecule has 80 valence electrons. The first-order valence-corrected chi connectivity index (χ1v) is 6.06. The molecule has 0 N–H and O–H groups in total. The first kappa shape index (κ1) is 9.41.